The average Bonchev–Trinajstić information content (AvgIpc) is 3.15. The molecule has 0 unspecified atom stereocenters. The van der Waals surface area contributed by atoms with Gasteiger partial charge in [-0.2, -0.15) is 18.3 Å². The van der Waals surface area contributed by atoms with Gasteiger partial charge in [0.25, 0.3) is 0 Å². The quantitative estimate of drug-likeness (QED) is 0.704. The summed E-state index contributed by atoms with van der Waals surface area (Å²) in [6, 6.07) is 7.63. The van der Waals surface area contributed by atoms with Gasteiger partial charge in [0, 0.05) is 43.4 Å². The number of nitrogens with one attached hydrogen (secondary N) is 2. The Morgan fingerprint density at radius 1 is 1.07 bits per heavy atom. The van der Waals surface area contributed by atoms with Crippen LogP contribution in [0.3, 0.4) is 0 Å². The number of nitrogens with zero attached hydrogens (tertiary/aromatic N) is 4. The zero-order chi connectivity index (χ0) is 19.7. The maximum Gasteiger partial charge on any atom is 0.417 e. The van der Waals surface area contributed by atoms with Gasteiger partial charge in [0.05, 0.1) is 17.3 Å². The van der Waals surface area contributed by atoms with Crippen LogP contribution in [0.5, 0.6) is 0 Å². The molecule has 0 bridgehead atoms. The molecule has 0 atom stereocenters. The first-order valence-electron chi connectivity index (χ1n) is 8.67. The first kappa shape index (κ1) is 18.1. The summed E-state index contributed by atoms with van der Waals surface area (Å²) in [5.41, 5.74) is 0.783. The van der Waals surface area contributed by atoms with E-state index >= 15 is 0 Å². The van der Waals surface area contributed by atoms with E-state index in [9.17, 15) is 18.0 Å². The van der Waals surface area contributed by atoms with E-state index in [4.69, 9.17) is 0 Å². The maximum atomic E-state index is 12.6. The van der Waals surface area contributed by atoms with E-state index in [0.29, 0.717) is 37.7 Å². The summed E-state index contributed by atoms with van der Waals surface area (Å²) in [6.07, 6.45) is -1.89. The Bertz CT molecular complexity index is 977. The molecule has 4 rings (SSSR count). The second-order valence-electron chi connectivity index (χ2n) is 6.48. The highest BCUT2D eigenvalue weighted by atomic mass is 19.4. The van der Waals surface area contributed by atoms with Gasteiger partial charge in [-0.05, 0) is 30.3 Å². The number of halogens is 3. The van der Waals surface area contributed by atoms with Crippen molar-refractivity contribution in [2.75, 3.05) is 36.4 Å². The molecule has 2 amide bonds. The first-order chi connectivity index (χ1) is 13.4. The predicted octanol–water partition coefficient (Wildman–Crippen LogP) is 3.33. The van der Waals surface area contributed by atoms with E-state index in [1.165, 1.54) is 6.07 Å². The SMILES string of the molecule is O=C(Nc1ccc2[nH]ncc2c1)N1CCN(c2ccc(C(F)(F)F)cn2)CC1. The van der Waals surface area contributed by atoms with Gasteiger partial charge in [-0.3, -0.25) is 5.10 Å². The minimum Gasteiger partial charge on any atom is -0.353 e. The number of piperazine rings is 1. The number of carbonyl (C=O) groups excluding carboxylic acids is 1. The van der Waals surface area contributed by atoms with E-state index in [1.54, 1.807) is 17.2 Å². The fourth-order valence-electron chi connectivity index (χ4n) is 3.10. The summed E-state index contributed by atoms with van der Waals surface area (Å²) in [5, 5.41) is 10.6. The molecule has 0 aliphatic carbocycles. The third-order valence-electron chi connectivity index (χ3n) is 4.66. The number of fused-ring (bicyclic) bond motifs is 1. The number of alkyl halides is 3. The summed E-state index contributed by atoms with van der Waals surface area (Å²) >= 11 is 0. The number of aromatic amines is 1. The van der Waals surface area contributed by atoms with Crippen molar-refractivity contribution in [1.29, 1.82) is 0 Å². The number of aromatic nitrogens is 3. The van der Waals surface area contributed by atoms with Crippen LogP contribution in [0, 0.1) is 0 Å². The molecule has 7 nitrogen and oxygen atoms in total. The number of benzene rings is 1. The molecule has 0 spiro atoms. The lowest BCUT2D eigenvalue weighted by molar-refractivity contribution is -0.137. The summed E-state index contributed by atoms with van der Waals surface area (Å²) in [6.45, 7) is 1.88. The van der Waals surface area contributed by atoms with Crippen LogP contribution in [0.4, 0.5) is 29.5 Å². The summed E-state index contributed by atoms with van der Waals surface area (Å²) in [5.74, 6) is 0.471. The molecule has 1 aromatic carbocycles. The Balaban J connectivity index is 1.35. The van der Waals surface area contributed by atoms with Crippen LogP contribution in [-0.4, -0.2) is 52.3 Å². The average molecular weight is 390 g/mol. The topological polar surface area (TPSA) is 77.2 Å². The smallest absolute Gasteiger partial charge is 0.353 e. The number of H-pyrrole nitrogens is 1. The highest BCUT2D eigenvalue weighted by molar-refractivity contribution is 5.92. The zero-order valence-electron chi connectivity index (χ0n) is 14.7. The van der Waals surface area contributed by atoms with Gasteiger partial charge in [0.15, 0.2) is 0 Å². The molecule has 3 aromatic rings. The van der Waals surface area contributed by atoms with Crippen molar-refractivity contribution in [1.82, 2.24) is 20.1 Å². The van der Waals surface area contributed by atoms with Gasteiger partial charge in [-0.25, -0.2) is 9.78 Å². The van der Waals surface area contributed by atoms with Gasteiger partial charge >= 0.3 is 12.2 Å². The van der Waals surface area contributed by atoms with Crippen LogP contribution in [0.1, 0.15) is 5.56 Å². The highest BCUT2D eigenvalue weighted by Crippen LogP contribution is 2.29. The van der Waals surface area contributed by atoms with E-state index in [1.807, 2.05) is 17.0 Å². The predicted molar refractivity (Wildman–Crippen MR) is 98.1 cm³/mol. The lowest BCUT2D eigenvalue weighted by atomic mass is 10.2. The van der Waals surface area contributed by atoms with E-state index in [0.717, 1.165) is 23.2 Å². The van der Waals surface area contributed by atoms with E-state index in [2.05, 4.69) is 20.5 Å². The van der Waals surface area contributed by atoms with Crippen LogP contribution in [0.25, 0.3) is 10.9 Å². The minimum absolute atomic E-state index is 0.220. The molecular weight excluding hydrogens is 373 g/mol. The van der Waals surface area contributed by atoms with Crippen molar-refractivity contribution in [2.45, 2.75) is 6.18 Å². The van der Waals surface area contributed by atoms with Gasteiger partial charge < -0.3 is 15.1 Å². The van der Waals surface area contributed by atoms with Crippen LogP contribution < -0.4 is 10.2 Å². The fourth-order valence-corrected chi connectivity index (χ4v) is 3.10. The molecule has 1 fully saturated rings. The molecular formula is C18H17F3N6O. The number of urea groups is 1. The monoisotopic (exact) mass is 390 g/mol. The largest absolute Gasteiger partial charge is 0.417 e. The molecule has 1 saturated heterocycles. The van der Waals surface area contributed by atoms with Crippen molar-refractivity contribution >= 4 is 28.4 Å². The van der Waals surface area contributed by atoms with Gasteiger partial charge in [-0.1, -0.05) is 0 Å². The maximum absolute atomic E-state index is 12.6. The van der Waals surface area contributed by atoms with Crippen LogP contribution in [0.2, 0.25) is 0 Å². The Morgan fingerprint density at radius 2 is 1.86 bits per heavy atom. The molecule has 1 aliphatic heterocycles. The number of rotatable bonds is 2. The molecule has 2 aromatic heterocycles. The van der Waals surface area contributed by atoms with E-state index < -0.39 is 11.7 Å². The standard InChI is InChI=1S/C18H17F3N6O/c19-18(20,21)13-1-4-16(22-11-13)26-5-7-27(8-6-26)17(28)24-14-2-3-15-12(9-14)10-23-25-15/h1-4,9-11H,5-8H2,(H,23,25)(H,24,28). The van der Waals surface area contributed by atoms with Crippen molar-refractivity contribution in [3.05, 3.63) is 48.3 Å². The van der Waals surface area contributed by atoms with Gasteiger partial charge in [0.2, 0.25) is 0 Å². The molecule has 0 radical (unpaired) electrons. The van der Waals surface area contributed by atoms with Gasteiger partial charge in [-0.15, -0.1) is 0 Å². The molecule has 10 heteroatoms. The second kappa shape index (κ2) is 7.02. The minimum atomic E-state index is -4.40. The summed E-state index contributed by atoms with van der Waals surface area (Å²) in [4.78, 5) is 19.9. The molecule has 28 heavy (non-hydrogen) atoms. The number of hydrogen-bond acceptors (Lipinski definition) is 4. The zero-order valence-corrected chi connectivity index (χ0v) is 14.7. The molecule has 3 heterocycles. The third kappa shape index (κ3) is 3.71. The Hall–Kier alpha value is -3.30. The molecule has 0 saturated carbocycles. The Labute approximate surface area is 158 Å². The Kier molecular flexibility index (Phi) is 4.54. The van der Waals surface area contributed by atoms with Crippen molar-refractivity contribution < 1.29 is 18.0 Å². The van der Waals surface area contributed by atoms with Crippen LogP contribution >= 0.6 is 0 Å². The summed E-state index contributed by atoms with van der Waals surface area (Å²) < 4.78 is 37.9. The van der Waals surface area contributed by atoms with Crippen molar-refractivity contribution in [2.24, 2.45) is 0 Å². The fraction of sp³-hybridized carbons (Fsp3) is 0.278. The van der Waals surface area contributed by atoms with Crippen molar-refractivity contribution in [3.8, 4) is 0 Å². The lowest BCUT2D eigenvalue weighted by Gasteiger charge is -2.35. The first-order valence-corrected chi connectivity index (χ1v) is 8.67. The number of hydrogen-bond donors (Lipinski definition) is 2. The second-order valence-corrected chi connectivity index (χ2v) is 6.48. The Morgan fingerprint density at radius 3 is 2.54 bits per heavy atom. The highest BCUT2D eigenvalue weighted by Gasteiger charge is 2.31. The third-order valence-corrected chi connectivity index (χ3v) is 4.66. The summed E-state index contributed by atoms with van der Waals surface area (Å²) in [7, 11) is 0. The number of amides is 2. The number of pyridine rings is 1. The number of anilines is 2. The lowest BCUT2D eigenvalue weighted by Crippen LogP contribution is -2.50. The van der Waals surface area contributed by atoms with Crippen LogP contribution in [0.15, 0.2) is 42.7 Å². The molecule has 146 valence electrons. The van der Waals surface area contributed by atoms with Crippen LogP contribution in [-0.2, 0) is 6.18 Å². The molecule has 2 N–H and O–H groups in total. The van der Waals surface area contributed by atoms with E-state index in [-0.39, 0.29) is 6.03 Å². The normalized spacial score (nSPS) is 15.1. The number of carbonyl (C=O) groups is 1. The van der Waals surface area contributed by atoms with Crippen molar-refractivity contribution in [3.63, 3.8) is 0 Å². The molecule has 1 aliphatic rings. The van der Waals surface area contributed by atoms with Gasteiger partial charge in [0.1, 0.15) is 5.82 Å².